The second-order valence-corrected chi connectivity index (χ2v) is 4.59. The third-order valence-electron chi connectivity index (χ3n) is 3.13. The van der Waals surface area contributed by atoms with E-state index in [1.54, 1.807) is 6.08 Å². The highest BCUT2D eigenvalue weighted by Gasteiger charge is 2.07. The molecule has 0 saturated heterocycles. The zero-order valence-corrected chi connectivity index (χ0v) is 11.8. The van der Waals surface area contributed by atoms with Gasteiger partial charge in [-0.25, -0.2) is 0 Å². The van der Waals surface area contributed by atoms with Gasteiger partial charge in [0.1, 0.15) is 12.4 Å². The Hall–Kier alpha value is -2.13. The van der Waals surface area contributed by atoms with Gasteiger partial charge in [-0.3, -0.25) is 4.98 Å². The summed E-state index contributed by atoms with van der Waals surface area (Å²) < 4.78 is 5.66. The van der Waals surface area contributed by atoms with Crippen LogP contribution in [-0.2, 0) is 6.54 Å². The van der Waals surface area contributed by atoms with Gasteiger partial charge < -0.3 is 10.1 Å². The van der Waals surface area contributed by atoms with Gasteiger partial charge in [0.15, 0.2) is 0 Å². The summed E-state index contributed by atoms with van der Waals surface area (Å²) in [5, 5.41) is 3.50. The molecule has 1 unspecified atom stereocenters. The lowest BCUT2D eigenvalue weighted by molar-refractivity contribution is 0.357. The van der Waals surface area contributed by atoms with Crippen molar-refractivity contribution in [2.24, 2.45) is 0 Å². The summed E-state index contributed by atoms with van der Waals surface area (Å²) in [7, 11) is 0. The molecule has 0 spiro atoms. The number of ether oxygens (including phenoxy) is 1. The Bertz CT molecular complexity index is 540. The molecule has 1 aromatic carbocycles. The van der Waals surface area contributed by atoms with Crippen LogP contribution in [-0.4, -0.2) is 11.6 Å². The van der Waals surface area contributed by atoms with Crippen molar-refractivity contribution < 1.29 is 4.74 Å². The average molecular weight is 268 g/mol. The monoisotopic (exact) mass is 268 g/mol. The van der Waals surface area contributed by atoms with Gasteiger partial charge >= 0.3 is 0 Å². The van der Waals surface area contributed by atoms with Crippen LogP contribution in [0.1, 0.15) is 24.1 Å². The fourth-order valence-electron chi connectivity index (χ4n) is 1.97. The first kappa shape index (κ1) is 14.3. The average Bonchev–Trinajstić information content (AvgIpc) is 2.52. The summed E-state index contributed by atoms with van der Waals surface area (Å²) >= 11 is 0. The van der Waals surface area contributed by atoms with Crippen LogP contribution in [0.3, 0.4) is 0 Å². The Morgan fingerprint density at radius 1 is 1.25 bits per heavy atom. The van der Waals surface area contributed by atoms with Gasteiger partial charge in [0.2, 0.25) is 0 Å². The first-order chi connectivity index (χ1) is 9.81. The minimum atomic E-state index is 0.269. The number of rotatable bonds is 7. The van der Waals surface area contributed by atoms with Crippen molar-refractivity contribution in [2.45, 2.75) is 19.5 Å². The van der Waals surface area contributed by atoms with E-state index >= 15 is 0 Å². The molecule has 0 saturated carbocycles. The maximum atomic E-state index is 5.66. The first-order valence-corrected chi connectivity index (χ1v) is 6.76. The van der Waals surface area contributed by atoms with Gasteiger partial charge in [-0.05, 0) is 30.7 Å². The molecule has 0 amide bonds. The predicted octanol–water partition coefficient (Wildman–Crippen LogP) is 3.50. The number of hydrogen-bond acceptors (Lipinski definition) is 3. The molecular formula is C17H20N2O. The zero-order chi connectivity index (χ0) is 14.2. The predicted molar refractivity (Wildman–Crippen MR) is 81.6 cm³/mol. The lowest BCUT2D eigenvalue weighted by atomic mass is 10.1. The summed E-state index contributed by atoms with van der Waals surface area (Å²) in [6.07, 6.45) is 5.38. The largest absolute Gasteiger partial charge is 0.489 e. The van der Waals surface area contributed by atoms with Crippen LogP contribution >= 0.6 is 0 Å². The lowest BCUT2D eigenvalue weighted by Gasteiger charge is -2.16. The summed E-state index contributed by atoms with van der Waals surface area (Å²) in [4.78, 5) is 4.04. The van der Waals surface area contributed by atoms with Gasteiger partial charge in [0, 0.05) is 30.5 Å². The van der Waals surface area contributed by atoms with Crippen LogP contribution < -0.4 is 10.1 Å². The molecule has 3 heteroatoms. The van der Waals surface area contributed by atoms with Gasteiger partial charge in [-0.1, -0.05) is 30.9 Å². The second-order valence-electron chi connectivity index (χ2n) is 4.59. The highest BCUT2D eigenvalue weighted by atomic mass is 16.5. The molecule has 1 atom stereocenters. The first-order valence-electron chi connectivity index (χ1n) is 6.76. The normalized spacial score (nSPS) is 11.8. The molecule has 3 nitrogen and oxygen atoms in total. The molecule has 104 valence electrons. The summed E-state index contributed by atoms with van der Waals surface area (Å²) in [5.41, 5.74) is 2.37. The molecule has 0 fully saturated rings. The van der Waals surface area contributed by atoms with Crippen LogP contribution in [0.4, 0.5) is 0 Å². The smallest absolute Gasteiger partial charge is 0.124 e. The molecule has 20 heavy (non-hydrogen) atoms. The quantitative estimate of drug-likeness (QED) is 0.780. The number of para-hydroxylation sites is 1. The molecule has 2 aromatic rings. The van der Waals surface area contributed by atoms with E-state index in [-0.39, 0.29) is 6.04 Å². The van der Waals surface area contributed by atoms with Crippen molar-refractivity contribution in [1.82, 2.24) is 10.3 Å². The van der Waals surface area contributed by atoms with E-state index in [9.17, 15) is 0 Å². The summed E-state index contributed by atoms with van der Waals surface area (Å²) in [6, 6.07) is 12.4. The zero-order valence-electron chi connectivity index (χ0n) is 11.8. The Morgan fingerprint density at radius 3 is 2.75 bits per heavy atom. The SMILES string of the molecule is C=CCOc1ccccc1CNC(C)c1ccncc1. The minimum absolute atomic E-state index is 0.269. The fraction of sp³-hybridized carbons (Fsp3) is 0.235. The van der Waals surface area contributed by atoms with E-state index in [4.69, 9.17) is 4.74 Å². The molecule has 0 aliphatic heterocycles. The van der Waals surface area contributed by atoms with E-state index < -0.39 is 0 Å². The Balaban J connectivity index is 1.98. The number of nitrogens with one attached hydrogen (secondary N) is 1. The van der Waals surface area contributed by atoms with Crippen LogP contribution in [0.15, 0.2) is 61.4 Å². The van der Waals surface area contributed by atoms with Crippen molar-refractivity contribution in [3.63, 3.8) is 0 Å². The van der Waals surface area contributed by atoms with E-state index in [2.05, 4.69) is 29.9 Å². The Kier molecular flexibility index (Phi) is 5.33. The number of hydrogen-bond donors (Lipinski definition) is 1. The molecule has 0 radical (unpaired) electrons. The van der Waals surface area contributed by atoms with Gasteiger partial charge in [0.25, 0.3) is 0 Å². The van der Waals surface area contributed by atoms with Crippen LogP contribution in [0.2, 0.25) is 0 Å². The topological polar surface area (TPSA) is 34.1 Å². The summed E-state index contributed by atoms with van der Waals surface area (Å²) in [6.45, 7) is 7.10. The van der Waals surface area contributed by atoms with Crippen molar-refractivity contribution in [3.05, 3.63) is 72.6 Å². The minimum Gasteiger partial charge on any atom is -0.489 e. The second kappa shape index (κ2) is 7.46. The third-order valence-corrected chi connectivity index (χ3v) is 3.13. The van der Waals surface area contributed by atoms with E-state index in [0.29, 0.717) is 6.61 Å². The van der Waals surface area contributed by atoms with Gasteiger partial charge in [-0.15, -0.1) is 0 Å². The highest BCUT2D eigenvalue weighted by molar-refractivity contribution is 5.33. The maximum absolute atomic E-state index is 5.66. The molecule has 0 bridgehead atoms. The van der Waals surface area contributed by atoms with Crippen molar-refractivity contribution in [3.8, 4) is 5.75 Å². The molecule has 0 aliphatic carbocycles. The van der Waals surface area contributed by atoms with Crippen molar-refractivity contribution in [1.29, 1.82) is 0 Å². The maximum Gasteiger partial charge on any atom is 0.124 e. The summed E-state index contributed by atoms with van der Waals surface area (Å²) in [5.74, 6) is 0.904. The van der Waals surface area contributed by atoms with Gasteiger partial charge in [-0.2, -0.15) is 0 Å². The third kappa shape index (κ3) is 3.93. The fourth-order valence-corrected chi connectivity index (χ4v) is 1.97. The van der Waals surface area contributed by atoms with E-state index in [1.165, 1.54) is 5.56 Å². The highest BCUT2D eigenvalue weighted by Crippen LogP contribution is 2.19. The molecule has 0 aliphatic rings. The molecular weight excluding hydrogens is 248 g/mol. The molecule has 1 aromatic heterocycles. The lowest BCUT2D eigenvalue weighted by Crippen LogP contribution is -2.18. The van der Waals surface area contributed by atoms with Crippen LogP contribution in [0.25, 0.3) is 0 Å². The van der Waals surface area contributed by atoms with Crippen LogP contribution in [0, 0.1) is 0 Å². The van der Waals surface area contributed by atoms with Crippen molar-refractivity contribution in [2.75, 3.05) is 6.61 Å². The Labute approximate surface area is 120 Å². The van der Waals surface area contributed by atoms with E-state index in [1.807, 2.05) is 42.7 Å². The Morgan fingerprint density at radius 2 is 2.00 bits per heavy atom. The molecule has 1 N–H and O–H groups in total. The van der Waals surface area contributed by atoms with Crippen molar-refractivity contribution >= 4 is 0 Å². The van der Waals surface area contributed by atoms with Crippen LogP contribution in [0.5, 0.6) is 5.75 Å². The van der Waals surface area contributed by atoms with E-state index in [0.717, 1.165) is 17.9 Å². The molecule has 2 rings (SSSR count). The molecule has 1 heterocycles. The number of nitrogens with zero attached hydrogens (tertiary/aromatic N) is 1. The van der Waals surface area contributed by atoms with Gasteiger partial charge in [0.05, 0.1) is 0 Å². The number of pyridine rings is 1. The number of aromatic nitrogens is 1. The standard InChI is InChI=1S/C17H20N2O/c1-3-12-20-17-7-5-4-6-16(17)13-19-14(2)15-8-10-18-11-9-15/h3-11,14,19H,1,12-13H2,2H3. The number of benzene rings is 1.